The molecule has 0 aliphatic carbocycles. The number of carbonyl (C=O) groups is 2. The van der Waals surface area contributed by atoms with Crippen molar-refractivity contribution in [3.8, 4) is 0 Å². The lowest BCUT2D eigenvalue weighted by molar-refractivity contribution is -0.121. The molecule has 0 atom stereocenters. The quantitative estimate of drug-likeness (QED) is 0.751. The van der Waals surface area contributed by atoms with E-state index < -0.39 is 5.54 Å². The van der Waals surface area contributed by atoms with Crippen LogP contribution in [-0.2, 0) is 4.79 Å². The van der Waals surface area contributed by atoms with Crippen molar-refractivity contribution in [2.45, 2.75) is 46.1 Å². The lowest BCUT2D eigenvalue weighted by Crippen LogP contribution is -2.50. The Morgan fingerprint density at radius 3 is 2.29 bits per heavy atom. The van der Waals surface area contributed by atoms with Gasteiger partial charge < -0.3 is 16.4 Å². The van der Waals surface area contributed by atoms with Crippen LogP contribution in [0.3, 0.4) is 0 Å². The fraction of sp³-hybridized carbons (Fsp3) is 0.500. The minimum atomic E-state index is -0.856. The van der Waals surface area contributed by atoms with Crippen LogP contribution in [-0.4, -0.2) is 23.9 Å². The van der Waals surface area contributed by atoms with Crippen LogP contribution in [0, 0.1) is 6.92 Å². The summed E-state index contributed by atoms with van der Waals surface area (Å²) in [6.07, 6.45) is 1.15. The molecule has 0 saturated carbocycles. The van der Waals surface area contributed by atoms with E-state index >= 15 is 0 Å². The largest absolute Gasteiger partial charge is 0.352 e. The van der Waals surface area contributed by atoms with E-state index in [0.29, 0.717) is 30.6 Å². The van der Waals surface area contributed by atoms with Gasteiger partial charge in [0.15, 0.2) is 0 Å². The average molecular weight is 291 g/mol. The third-order valence-electron chi connectivity index (χ3n) is 3.79. The molecule has 0 saturated heterocycles. The number of hydrogen-bond acceptors (Lipinski definition) is 3. The SMILES string of the molecule is CCNC(=O)c1ccc(NC(=O)C(N)(CC)CC)c(C)c1. The Bertz CT molecular complexity index is 522. The van der Waals surface area contributed by atoms with E-state index in [0.717, 1.165) is 5.56 Å². The first kappa shape index (κ1) is 17.2. The van der Waals surface area contributed by atoms with Gasteiger partial charge in [0.25, 0.3) is 5.91 Å². The normalized spacial score (nSPS) is 11.1. The Balaban J connectivity index is 2.91. The molecule has 1 aromatic rings. The molecule has 1 aromatic carbocycles. The molecule has 0 unspecified atom stereocenters. The number of aryl methyl sites for hydroxylation is 1. The second-order valence-electron chi connectivity index (χ2n) is 5.21. The van der Waals surface area contributed by atoms with Crippen LogP contribution in [0.2, 0.25) is 0 Å². The number of nitrogens with two attached hydrogens (primary N) is 1. The predicted octanol–water partition coefficient (Wildman–Crippen LogP) is 2.20. The van der Waals surface area contributed by atoms with Gasteiger partial charge >= 0.3 is 0 Å². The number of benzene rings is 1. The summed E-state index contributed by atoms with van der Waals surface area (Å²) in [6, 6.07) is 5.20. The van der Waals surface area contributed by atoms with Gasteiger partial charge in [-0.15, -0.1) is 0 Å². The van der Waals surface area contributed by atoms with Crippen molar-refractivity contribution >= 4 is 17.5 Å². The Labute approximate surface area is 126 Å². The summed E-state index contributed by atoms with van der Waals surface area (Å²) in [5.74, 6) is -0.310. The van der Waals surface area contributed by atoms with Gasteiger partial charge in [0.1, 0.15) is 0 Å². The first-order valence-corrected chi connectivity index (χ1v) is 7.37. The molecule has 21 heavy (non-hydrogen) atoms. The summed E-state index contributed by atoms with van der Waals surface area (Å²) >= 11 is 0. The summed E-state index contributed by atoms with van der Waals surface area (Å²) in [5, 5.41) is 5.60. The lowest BCUT2D eigenvalue weighted by Gasteiger charge is -2.25. The van der Waals surface area contributed by atoms with Crippen molar-refractivity contribution in [2.24, 2.45) is 5.73 Å². The van der Waals surface area contributed by atoms with Crippen molar-refractivity contribution < 1.29 is 9.59 Å². The molecule has 5 nitrogen and oxygen atoms in total. The first-order chi connectivity index (χ1) is 9.87. The molecular formula is C16H25N3O2. The zero-order chi connectivity index (χ0) is 16.0. The number of amides is 2. The molecule has 4 N–H and O–H groups in total. The maximum atomic E-state index is 12.3. The number of carbonyl (C=O) groups excluding carboxylic acids is 2. The molecule has 5 heteroatoms. The second kappa shape index (κ2) is 7.22. The van der Waals surface area contributed by atoms with E-state index in [-0.39, 0.29) is 11.8 Å². The minimum absolute atomic E-state index is 0.117. The smallest absolute Gasteiger partial charge is 0.251 e. The van der Waals surface area contributed by atoms with Crippen LogP contribution >= 0.6 is 0 Å². The topological polar surface area (TPSA) is 84.2 Å². The third-order valence-corrected chi connectivity index (χ3v) is 3.79. The van der Waals surface area contributed by atoms with Gasteiger partial charge in [-0.2, -0.15) is 0 Å². The maximum absolute atomic E-state index is 12.3. The van der Waals surface area contributed by atoms with Gasteiger partial charge in [-0.05, 0) is 50.5 Å². The molecule has 0 heterocycles. The molecule has 0 radical (unpaired) electrons. The van der Waals surface area contributed by atoms with E-state index in [4.69, 9.17) is 5.73 Å². The summed E-state index contributed by atoms with van der Waals surface area (Å²) in [4.78, 5) is 24.0. The van der Waals surface area contributed by atoms with Gasteiger partial charge in [0.2, 0.25) is 5.91 Å². The number of nitrogens with one attached hydrogen (secondary N) is 2. The van der Waals surface area contributed by atoms with Gasteiger partial charge in [-0.25, -0.2) is 0 Å². The van der Waals surface area contributed by atoms with Crippen molar-refractivity contribution in [1.29, 1.82) is 0 Å². The van der Waals surface area contributed by atoms with Gasteiger partial charge in [0.05, 0.1) is 5.54 Å². The van der Waals surface area contributed by atoms with E-state index in [1.54, 1.807) is 18.2 Å². The molecule has 0 bridgehead atoms. The summed E-state index contributed by atoms with van der Waals surface area (Å²) < 4.78 is 0. The Kier molecular flexibility index (Phi) is 5.90. The number of hydrogen-bond donors (Lipinski definition) is 3. The first-order valence-electron chi connectivity index (χ1n) is 7.37. The zero-order valence-corrected chi connectivity index (χ0v) is 13.2. The predicted molar refractivity (Wildman–Crippen MR) is 85.3 cm³/mol. The van der Waals surface area contributed by atoms with Crippen LogP contribution in [0.4, 0.5) is 5.69 Å². The molecule has 0 fully saturated rings. The molecule has 2 amide bonds. The van der Waals surface area contributed by atoms with Crippen LogP contribution < -0.4 is 16.4 Å². The molecule has 1 rings (SSSR count). The van der Waals surface area contributed by atoms with Crippen LogP contribution in [0.25, 0.3) is 0 Å². The summed E-state index contributed by atoms with van der Waals surface area (Å²) in [7, 11) is 0. The van der Waals surface area contributed by atoms with Crippen LogP contribution in [0.15, 0.2) is 18.2 Å². The van der Waals surface area contributed by atoms with E-state index in [9.17, 15) is 9.59 Å². The third kappa shape index (κ3) is 4.04. The highest BCUT2D eigenvalue weighted by Crippen LogP contribution is 2.20. The van der Waals surface area contributed by atoms with Gasteiger partial charge in [0, 0.05) is 17.8 Å². The zero-order valence-electron chi connectivity index (χ0n) is 13.2. The molecular weight excluding hydrogens is 266 g/mol. The fourth-order valence-electron chi connectivity index (χ4n) is 2.03. The molecule has 0 aliphatic rings. The highest BCUT2D eigenvalue weighted by Gasteiger charge is 2.30. The second-order valence-corrected chi connectivity index (χ2v) is 5.21. The van der Waals surface area contributed by atoms with Crippen molar-refractivity contribution in [1.82, 2.24) is 5.32 Å². The highest BCUT2D eigenvalue weighted by molar-refractivity contribution is 5.99. The Hall–Kier alpha value is -1.88. The Morgan fingerprint density at radius 1 is 1.19 bits per heavy atom. The molecule has 0 aromatic heterocycles. The van der Waals surface area contributed by atoms with Crippen molar-refractivity contribution in [2.75, 3.05) is 11.9 Å². The van der Waals surface area contributed by atoms with Crippen LogP contribution in [0.5, 0.6) is 0 Å². The van der Waals surface area contributed by atoms with E-state index in [1.165, 1.54) is 0 Å². The van der Waals surface area contributed by atoms with Crippen LogP contribution in [0.1, 0.15) is 49.5 Å². The fourth-order valence-corrected chi connectivity index (χ4v) is 2.03. The number of rotatable bonds is 6. The molecule has 116 valence electrons. The van der Waals surface area contributed by atoms with Crippen molar-refractivity contribution in [3.05, 3.63) is 29.3 Å². The number of anilines is 1. The average Bonchev–Trinajstić information content (AvgIpc) is 2.48. The molecule has 0 aliphatic heterocycles. The summed E-state index contributed by atoms with van der Waals surface area (Å²) in [6.45, 7) is 8.10. The highest BCUT2D eigenvalue weighted by atomic mass is 16.2. The van der Waals surface area contributed by atoms with Crippen molar-refractivity contribution in [3.63, 3.8) is 0 Å². The van der Waals surface area contributed by atoms with Gasteiger partial charge in [-0.1, -0.05) is 13.8 Å². The molecule has 0 spiro atoms. The standard InChI is InChI=1S/C16H25N3O2/c1-5-16(17,6-2)15(21)19-13-9-8-12(10-11(13)4)14(20)18-7-3/h8-10H,5-7,17H2,1-4H3,(H,18,20)(H,19,21). The van der Waals surface area contributed by atoms with E-state index in [1.807, 2.05) is 27.7 Å². The van der Waals surface area contributed by atoms with E-state index in [2.05, 4.69) is 10.6 Å². The monoisotopic (exact) mass is 291 g/mol. The Morgan fingerprint density at radius 2 is 1.81 bits per heavy atom. The minimum Gasteiger partial charge on any atom is -0.352 e. The van der Waals surface area contributed by atoms with Gasteiger partial charge in [-0.3, -0.25) is 9.59 Å². The summed E-state index contributed by atoms with van der Waals surface area (Å²) in [5.41, 5.74) is 7.32. The maximum Gasteiger partial charge on any atom is 0.251 e. The lowest BCUT2D eigenvalue weighted by atomic mass is 9.93.